The van der Waals surface area contributed by atoms with Crippen molar-refractivity contribution in [1.82, 2.24) is 9.88 Å². The topological polar surface area (TPSA) is 63.6 Å². The molecule has 37 heavy (non-hydrogen) atoms. The summed E-state index contributed by atoms with van der Waals surface area (Å²) in [7, 11) is 0. The predicted molar refractivity (Wildman–Crippen MR) is 152 cm³/mol. The molecule has 9 heteroatoms. The highest BCUT2D eigenvalue weighted by molar-refractivity contribution is 8.00. The normalized spacial score (nSPS) is 11.4. The lowest BCUT2D eigenvalue weighted by molar-refractivity contribution is -0.152. The molecule has 0 fully saturated rings. The van der Waals surface area contributed by atoms with Gasteiger partial charge in [0.15, 0.2) is 0 Å². The fourth-order valence-corrected chi connectivity index (χ4v) is 5.47. The highest BCUT2D eigenvalue weighted by Gasteiger charge is 2.23. The Bertz CT molecular complexity index is 1400. The Morgan fingerprint density at radius 3 is 2.35 bits per heavy atom. The number of carbonyl (C=O) groups excluding carboxylic acids is 2. The average Bonchev–Trinajstić information content (AvgIpc) is 3.25. The number of ether oxygens (including phenoxy) is 1. The van der Waals surface area contributed by atoms with Crippen molar-refractivity contribution in [2.24, 2.45) is 0 Å². The molecule has 0 saturated heterocycles. The third-order valence-electron chi connectivity index (χ3n) is 5.23. The smallest absolute Gasteiger partial charge is 0.327 e. The molecule has 0 spiro atoms. The summed E-state index contributed by atoms with van der Waals surface area (Å²) >= 11 is 13.8. The summed E-state index contributed by atoms with van der Waals surface area (Å²) < 4.78 is 8.98. The van der Waals surface area contributed by atoms with Gasteiger partial charge in [-0.1, -0.05) is 59.6 Å². The molecule has 3 aromatic carbocycles. The molecule has 0 aliphatic carbocycles. The van der Waals surface area contributed by atoms with Crippen molar-refractivity contribution < 1.29 is 14.3 Å². The third kappa shape index (κ3) is 7.22. The van der Waals surface area contributed by atoms with E-state index in [9.17, 15) is 9.59 Å². The summed E-state index contributed by atoms with van der Waals surface area (Å²) in [4.78, 5) is 26.6. The molecule has 192 valence electrons. The molecule has 1 aromatic heterocycles. The molecule has 1 amide bonds. The van der Waals surface area contributed by atoms with E-state index in [1.165, 1.54) is 11.9 Å². The van der Waals surface area contributed by atoms with Crippen molar-refractivity contribution in [2.45, 2.75) is 37.8 Å². The number of hydrogen-bond acceptors (Lipinski definition) is 5. The molecule has 1 heterocycles. The first kappa shape index (κ1) is 26.9. The van der Waals surface area contributed by atoms with E-state index in [1.54, 1.807) is 29.0 Å². The maximum atomic E-state index is 13.0. The van der Waals surface area contributed by atoms with Gasteiger partial charge >= 0.3 is 12.0 Å². The van der Waals surface area contributed by atoms with Gasteiger partial charge in [-0.05, 0) is 74.7 Å². The fraction of sp³-hybridized carbons (Fsp3) is 0.214. The van der Waals surface area contributed by atoms with E-state index < -0.39 is 5.60 Å². The van der Waals surface area contributed by atoms with Crippen LogP contribution in [-0.4, -0.2) is 28.7 Å². The largest absolute Gasteiger partial charge is 0.459 e. The number of nitrogens with zero attached hydrogens (tertiary/aromatic N) is 2. The first-order valence-electron chi connectivity index (χ1n) is 11.6. The van der Waals surface area contributed by atoms with Crippen LogP contribution in [0.15, 0.2) is 83.9 Å². The van der Waals surface area contributed by atoms with E-state index in [0.29, 0.717) is 22.1 Å². The Labute approximate surface area is 230 Å². The van der Waals surface area contributed by atoms with Crippen molar-refractivity contribution in [2.75, 3.05) is 10.8 Å². The van der Waals surface area contributed by atoms with Crippen molar-refractivity contribution in [3.63, 3.8) is 0 Å². The number of anilines is 1. The van der Waals surface area contributed by atoms with E-state index in [1.807, 2.05) is 79.7 Å². The van der Waals surface area contributed by atoms with Gasteiger partial charge in [-0.3, -0.25) is 9.36 Å². The van der Waals surface area contributed by atoms with Crippen LogP contribution in [0.25, 0.3) is 10.9 Å². The zero-order valence-corrected chi connectivity index (χ0v) is 23.0. The van der Waals surface area contributed by atoms with Crippen molar-refractivity contribution >= 4 is 63.7 Å². The van der Waals surface area contributed by atoms with E-state index in [-0.39, 0.29) is 18.5 Å². The van der Waals surface area contributed by atoms with E-state index >= 15 is 0 Å². The van der Waals surface area contributed by atoms with Crippen LogP contribution >= 0.6 is 35.1 Å². The number of carbonyl (C=O) groups is 2. The van der Waals surface area contributed by atoms with Crippen LogP contribution < -0.4 is 9.62 Å². The number of rotatable bonds is 7. The van der Waals surface area contributed by atoms with Gasteiger partial charge in [0.1, 0.15) is 12.1 Å². The van der Waals surface area contributed by atoms with Gasteiger partial charge < -0.3 is 14.4 Å². The maximum Gasteiger partial charge on any atom is 0.327 e. The predicted octanol–water partition coefficient (Wildman–Crippen LogP) is 7.56. The van der Waals surface area contributed by atoms with Crippen LogP contribution in [0.4, 0.5) is 10.5 Å². The maximum absolute atomic E-state index is 13.0. The summed E-state index contributed by atoms with van der Waals surface area (Å²) in [6.45, 7) is 5.86. The van der Waals surface area contributed by atoms with Crippen molar-refractivity contribution in [3.8, 4) is 0 Å². The molecular weight excluding hydrogens is 529 g/mol. The molecule has 0 radical (unpaired) electrons. The molecule has 4 rings (SSSR count). The van der Waals surface area contributed by atoms with Crippen LogP contribution in [0.3, 0.4) is 0 Å². The van der Waals surface area contributed by atoms with Crippen LogP contribution in [-0.2, 0) is 16.1 Å². The highest BCUT2D eigenvalue weighted by atomic mass is 35.5. The summed E-state index contributed by atoms with van der Waals surface area (Å²) in [5.41, 5.74) is 1.84. The monoisotopic (exact) mass is 555 g/mol. The lowest BCUT2D eigenvalue weighted by Crippen LogP contribution is -2.31. The molecule has 0 aliphatic heterocycles. The number of halogens is 2. The molecule has 6 nitrogen and oxygen atoms in total. The second kappa shape index (κ2) is 11.5. The van der Waals surface area contributed by atoms with Gasteiger partial charge in [-0.25, -0.2) is 4.79 Å². The van der Waals surface area contributed by atoms with Gasteiger partial charge in [-0.15, -0.1) is 0 Å². The molecule has 0 atom stereocenters. The Morgan fingerprint density at radius 2 is 1.68 bits per heavy atom. The zero-order chi connectivity index (χ0) is 26.6. The van der Waals surface area contributed by atoms with E-state index in [0.717, 1.165) is 21.5 Å². The van der Waals surface area contributed by atoms with Crippen LogP contribution in [0.1, 0.15) is 26.3 Å². The van der Waals surface area contributed by atoms with Crippen LogP contribution in [0.2, 0.25) is 10.0 Å². The van der Waals surface area contributed by atoms with Gasteiger partial charge in [-0.2, -0.15) is 0 Å². The lowest BCUT2D eigenvalue weighted by atomic mass is 10.2. The number of fused-ring (bicyclic) bond motifs is 1. The second-order valence-electron chi connectivity index (χ2n) is 9.36. The number of amides is 1. The van der Waals surface area contributed by atoms with Gasteiger partial charge in [0.25, 0.3) is 0 Å². The Morgan fingerprint density at radius 1 is 0.973 bits per heavy atom. The lowest BCUT2D eigenvalue weighted by Gasteiger charge is -2.26. The number of aromatic nitrogens is 1. The average molecular weight is 557 g/mol. The standard InChI is InChI=1S/C28H27Cl2N3O3S/c1-28(2,3)36-26(34)18-33(37-22-15-20(29)14-21(30)16-22)25-11-7-10-24-23(25)12-13-32(24)27(35)31-17-19-8-5-4-6-9-19/h4-16H,17-18H2,1-3H3,(H,31,35). The van der Waals surface area contributed by atoms with Crippen molar-refractivity contribution in [1.29, 1.82) is 0 Å². The minimum Gasteiger partial charge on any atom is -0.459 e. The quantitative estimate of drug-likeness (QED) is 0.188. The number of benzene rings is 3. The second-order valence-corrected chi connectivity index (χ2v) is 11.3. The Hall–Kier alpha value is -3.13. The molecule has 1 N–H and O–H groups in total. The van der Waals surface area contributed by atoms with Crippen LogP contribution in [0.5, 0.6) is 0 Å². The van der Waals surface area contributed by atoms with Crippen LogP contribution in [0, 0.1) is 0 Å². The fourth-order valence-electron chi connectivity index (χ4n) is 3.77. The number of esters is 1. The van der Waals surface area contributed by atoms with E-state index in [2.05, 4.69) is 5.32 Å². The molecule has 4 aromatic rings. The zero-order valence-electron chi connectivity index (χ0n) is 20.7. The Kier molecular flexibility index (Phi) is 8.37. The third-order valence-corrected chi connectivity index (χ3v) is 6.66. The van der Waals surface area contributed by atoms with Gasteiger partial charge in [0.05, 0.1) is 11.2 Å². The summed E-state index contributed by atoms with van der Waals surface area (Å²) in [6, 6.07) is 22.2. The van der Waals surface area contributed by atoms with Crippen molar-refractivity contribution in [3.05, 3.63) is 94.6 Å². The minimum atomic E-state index is -0.626. The van der Waals surface area contributed by atoms with Gasteiger partial charge in [0.2, 0.25) is 0 Å². The first-order chi connectivity index (χ1) is 17.6. The molecular formula is C28H27Cl2N3O3S. The van der Waals surface area contributed by atoms with Gasteiger partial charge in [0, 0.05) is 33.1 Å². The summed E-state index contributed by atoms with van der Waals surface area (Å²) in [5, 5.41) is 4.75. The molecule has 0 saturated carbocycles. The number of nitrogens with one attached hydrogen (secondary N) is 1. The molecule has 0 unspecified atom stereocenters. The molecule has 0 bridgehead atoms. The summed E-state index contributed by atoms with van der Waals surface area (Å²) in [6.07, 6.45) is 1.72. The Balaban J connectivity index is 1.65. The summed E-state index contributed by atoms with van der Waals surface area (Å²) in [5.74, 6) is -0.384. The first-order valence-corrected chi connectivity index (χ1v) is 13.2. The number of hydrogen-bond donors (Lipinski definition) is 1. The SMILES string of the molecule is CC(C)(C)OC(=O)CN(Sc1cc(Cl)cc(Cl)c1)c1cccc2c1ccn2C(=O)NCc1ccccc1. The van der Waals surface area contributed by atoms with E-state index in [4.69, 9.17) is 27.9 Å². The molecule has 0 aliphatic rings. The minimum absolute atomic E-state index is 0.0312. The highest BCUT2D eigenvalue weighted by Crippen LogP contribution is 2.36.